The Hall–Kier alpha value is -1.77. The molecule has 3 heterocycles. The number of halogens is 1. The lowest BCUT2D eigenvalue weighted by Gasteiger charge is -2.16. The lowest BCUT2D eigenvalue weighted by molar-refractivity contribution is -0.127. The predicted octanol–water partition coefficient (Wildman–Crippen LogP) is 4.51. The highest BCUT2D eigenvalue weighted by Gasteiger charge is 2.19. The van der Waals surface area contributed by atoms with Gasteiger partial charge in [0.2, 0.25) is 5.91 Å². The number of rotatable bonds is 8. The van der Waals surface area contributed by atoms with Crippen molar-refractivity contribution in [2.75, 3.05) is 12.8 Å². The molecular formula is C18H21ClN4O2S2. The summed E-state index contributed by atoms with van der Waals surface area (Å²) in [6, 6.07) is 7.57. The largest absolute Gasteiger partial charge is 0.467 e. The number of furan rings is 1. The molecule has 0 aliphatic carbocycles. The molecule has 1 amide bonds. The zero-order valence-electron chi connectivity index (χ0n) is 15.4. The SMILES string of the molecule is CC(C)c1nnc(SCC(=O)N(C)Cc2ccc(Cl)s2)n1Cc1ccco1. The molecule has 0 saturated carbocycles. The highest BCUT2D eigenvalue weighted by atomic mass is 35.5. The van der Waals surface area contributed by atoms with Gasteiger partial charge in [0.1, 0.15) is 11.6 Å². The van der Waals surface area contributed by atoms with Crippen LogP contribution in [0.3, 0.4) is 0 Å². The molecule has 0 aliphatic rings. The first-order chi connectivity index (χ1) is 12.9. The van der Waals surface area contributed by atoms with Gasteiger partial charge < -0.3 is 9.32 Å². The first-order valence-electron chi connectivity index (χ1n) is 8.50. The molecule has 0 atom stereocenters. The number of thioether (sulfide) groups is 1. The van der Waals surface area contributed by atoms with E-state index in [1.165, 1.54) is 23.1 Å². The van der Waals surface area contributed by atoms with E-state index < -0.39 is 0 Å². The van der Waals surface area contributed by atoms with Gasteiger partial charge in [0.05, 0.1) is 29.4 Å². The molecule has 0 spiro atoms. The molecule has 0 saturated heterocycles. The molecule has 3 aromatic rings. The van der Waals surface area contributed by atoms with Gasteiger partial charge in [-0.25, -0.2) is 0 Å². The number of aromatic nitrogens is 3. The summed E-state index contributed by atoms with van der Waals surface area (Å²) < 4.78 is 8.20. The van der Waals surface area contributed by atoms with Gasteiger partial charge >= 0.3 is 0 Å². The van der Waals surface area contributed by atoms with Crippen molar-refractivity contribution in [3.05, 3.63) is 51.3 Å². The summed E-state index contributed by atoms with van der Waals surface area (Å²) in [4.78, 5) is 15.3. The van der Waals surface area contributed by atoms with E-state index in [0.717, 1.165) is 26.0 Å². The molecule has 3 aromatic heterocycles. The fraction of sp³-hybridized carbons (Fsp3) is 0.389. The zero-order valence-corrected chi connectivity index (χ0v) is 17.8. The fourth-order valence-corrected chi connectivity index (χ4v) is 4.56. The highest BCUT2D eigenvalue weighted by Crippen LogP contribution is 2.25. The molecule has 0 aliphatic heterocycles. The monoisotopic (exact) mass is 424 g/mol. The smallest absolute Gasteiger partial charge is 0.233 e. The van der Waals surface area contributed by atoms with E-state index >= 15 is 0 Å². The average molecular weight is 425 g/mol. The van der Waals surface area contributed by atoms with E-state index in [9.17, 15) is 4.79 Å². The molecule has 0 bridgehead atoms. The summed E-state index contributed by atoms with van der Waals surface area (Å²) in [7, 11) is 1.80. The molecule has 0 fully saturated rings. The van der Waals surface area contributed by atoms with Crippen molar-refractivity contribution in [1.82, 2.24) is 19.7 Å². The lowest BCUT2D eigenvalue weighted by Crippen LogP contribution is -2.27. The van der Waals surface area contributed by atoms with Crippen molar-refractivity contribution in [3.63, 3.8) is 0 Å². The van der Waals surface area contributed by atoms with Gasteiger partial charge in [0.15, 0.2) is 5.16 Å². The summed E-state index contributed by atoms with van der Waals surface area (Å²) in [5.41, 5.74) is 0. The maximum absolute atomic E-state index is 12.5. The van der Waals surface area contributed by atoms with Crippen LogP contribution >= 0.6 is 34.7 Å². The summed E-state index contributed by atoms with van der Waals surface area (Å²) in [6.45, 7) is 5.24. The molecule has 27 heavy (non-hydrogen) atoms. The first-order valence-corrected chi connectivity index (χ1v) is 10.7. The summed E-state index contributed by atoms with van der Waals surface area (Å²) in [5.74, 6) is 2.26. The fourth-order valence-electron chi connectivity index (χ4n) is 2.54. The van der Waals surface area contributed by atoms with Gasteiger partial charge in [-0.2, -0.15) is 0 Å². The first kappa shape index (κ1) is 20.0. The minimum Gasteiger partial charge on any atom is -0.467 e. The van der Waals surface area contributed by atoms with Crippen molar-refractivity contribution in [2.45, 2.75) is 38.0 Å². The van der Waals surface area contributed by atoms with Crippen LogP contribution < -0.4 is 0 Å². The Morgan fingerprint density at radius 2 is 2.19 bits per heavy atom. The molecule has 6 nitrogen and oxygen atoms in total. The number of amides is 1. The Labute approximate surface area is 171 Å². The standard InChI is InChI=1S/C18H21ClN4O2S2/c1-12(2)17-20-21-18(23(17)9-13-5-4-8-25-13)26-11-16(24)22(3)10-14-6-7-15(19)27-14/h4-8,12H,9-11H2,1-3H3. The Morgan fingerprint density at radius 1 is 1.37 bits per heavy atom. The minimum absolute atomic E-state index is 0.0307. The normalized spacial score (nSPS) is 11.3. The van der Waals surface area contributed by atoms with Crippen LogP contribution in [0.15, 0.2) is 40.1 Å². The third kappa shape index (κ3) is 5.15. The molecular weight excluding hydrogens is 404 g/mol. The van der Waals surface area contributed by atoms with Crippen molar-refractivity contribution >= 4 is 40.6 Å². The molecule has 0 unspecified atom stereocenters. The molecule has 0 aromatic carbocycles. The van der Waals surface area contributed by atoms with E-state index in [4.69, 9.17) is 16.0 Å². The van der Waals surface area contributed by atoms with Crippen LogP contribution in [0.4, 0.5) is 0 Å². The Morgan fingerprint density at radius 3 is 2.81 bits per heavy atom. The van der Waals surface area contributed by atoms with E-state index in [0.29, 0.717) is 18.8 Å². The van der Waals surface area contributed by atoms with Crippen molar-refractivity contribution < 1.29 is 9.21 Å². The molecule has 144 valence electrons. The summed E-state index contributed by atoms with van der Waals surface area (Å²) in [6.07, 6.45) is 1.65. The van der Waals surface area contributed by atoms with E-state index in [2.05, 4.69) is 24.0 Å². The van der Waals surface area contributed by atoms with E-state index in [1.807, 2.05) is 28.8 Å². The van der Waals surface area contributed by atoms with E-state index in [1.54, 1.807) is 18.2 Å². The number of thiophene rings is 1. The van der Waals surface area contributed by atoms with Crippen LogP contribution in [-0.4, -0.2) is 38.4 Å². The van der Waals surface area contributed by atoms with Crippen LogP contribution in [0.2, 0.25) is 4.34 Å². The van der Waals surface area contributed by atoms with Gasteiger partial charge in [0, 0.05) is 17.8 Å². The topological polar surface area (TPSA) is 64.2 Å². The second-order valence-electron chi connectivity index (χ2n) is 6.41. The minimum atomic E-state index is 0.0307. The highest BCUT2D eigenvalue weighted by molar-refractivity contribution is 7.99. The van der Waals surface area contributed by atoms with Crippen molar-refractivity contribution in [2.24, 2.45) is 0 Å². The number of hydrogen-bond donors (Lipinski definition) is 0. The van der Waals surface area contributed by atoms with Gasteiger partial charge in [-0.05, 0) is 24.3 Å². The van der Waals surface area contributed by atoms with Crippen LogP contribution in [0.5, 0.6) is 0 Å². The summed E-state index contributed by atoms with van der Waals surface area (Å²) in [5, 5.41) is 9.31. The molecule has 3 rings (SSSR count). The Balaban J connectivity index is 1.65. The van der Waals surface area contributed by atoms with Crippen LogP contribution in [0, 0.1) is 0 Å². The Kier molecular flexibility index (Phi) is 6.62. The third-order valence-corrected chi connectivity index (χ3v) is 6.10. The van der Waals surface area contributed by atoms with Gasteiger partial charge in [-0.15, -0.1) is 21.5 Å². The maximum atomic E-state index is 12.5. The lowest BCUT2D eigenvalue weighted by atomic mass is 10.2. The number of nitrogens with zero attached hydrogens (tertiary/aromatic N) is 4. The third-order valence-electron chi connectivity index (χ3n) is 3.93. The molecule has 0 N–H and O–H groups in total. The van der Waals surface area contributed by atoms with Crippen LogP contribution in [0.1, 0.15) is 36.2 Å². The van der Waals surface area contributed by atoms with Crippen LogP contribution in [0.25, 0.3) is 0 Å². The quantitative estimate of drug-likeness (QED) is 0.498. The van der Waals surface area contributed by atoms with Gasteiger partial charge in [0.25, 0.3) is 0 Å². The number of carbonyl (C=O) groups is 1. The molecule has 9 heteroatoms. The maximum Gasteiger partial charge on any atom is 0.233 e. The zero-order chi connectivity index (χ0) is 19.4. The summed E-state index contributed by atoms with van der Waals surface area (Å²) >= 11 is 8.83. The van der Waals surface area contributed by atoms with Gasteiger partial charge in [-0.3, -0.25) is 9.36 Å². The second-order valence-corrected chi connectivity index (χ2v) is 9.15. The second kappa shape index (κ2) is 8.95. The Bertz CT molecular complexity index is 889. The number of carbonyl (C=O) groups excluding carboxylic acids is 1. The van der Waals surface area contributed by atoms with Gasteiger partial charge in [-0.1, -0.05) is 37.2 Å². The molecule has 0 radical (unpaired) electrons. The van der Waals surface area contributed by atoms with Crippen molar-refractivity contribution in [3.8, 4) is 0 Å². The van der Waals surface area contributed by atoms with Crippen molar-refractivity contribution in [1.29, 1.82) is 0 Å². The average Bonchev–Trinajstić information content (AvgIpc) is 3.35. The van der Waals surface area contributed by atoms with Crippen LogP contribution in [-0.2, 0) is 17.9 Å². The number of hydrogen-bond acceptors (Lipinski definition) is 6. The van der Waals surface area contributed by atoms with E-state index in [-0.39, 0.29) is 11.8 Å². The predicted molar refractivity (Wildman–Crippen MR) is 108 cm³/mol.